The van der Waals surface area contributed by atoms with Crippen molar-refractivity contribution < 1.29 is 34.1 Å². The Morgan fingerprint density at radius 2 is 1.81 bits per heavy atom. The van der Waals surface area contributed by atoms with E-state index >= 15 is 0 Å². The summed E-state index contributed by atoms with van der Waals surface area (Å²) in [5.74, 6) is -2.76. The maximum absolute atomic E-state index is 12.6. The van der Waals surface area contributed by atoms with Crippen LogP contribution in [0.1, 0.15) is 34.6 Å². The molecule has 26 heavy (non-hydrogen) atoms. The monoisotopic (exact) mass is 368 g/mol. The fourth-order valence-corrected chi connectivity index (χ4v) is 2.72. The summed E-state index contributed by atoms with van der Waals surface area (Å²) in [5.41, 5.74) is 0.212. The van der Waals surface area contributed by atoms with Crippen molar-refractivity contribution in [1.29, 1.82) is 0 Å². The first-order valence-electron chi connectivity index (χ1n) is 8.68. The predicted octanol–water partition coefficient (Wildman–Crippen LogP) is 1.18. The quantitative estimate of drug-likeness (QED) is 0.513. The Kier molecular flexibility index (Phi) is 8.17. The van der Waals surface area contributed by atoms with E-state index < -0.39 is 42.5 Å². The number of ketones is 1. The van der Waals surface area contributed by atoms with Gasteiger partial charge >= 0.3 is 11.9 Å². The molecule has 0 spiro atoms. The van der Waals surface area contributed by atoms with E-state index in [1.54, 1.807) is 13.8 Å². The largest absolute Gasteiger partial charge is 0.457 e. The maximum Gasteiger partial charge on any atom is 0.334 e. The van der Waals surface area contributed by atoms with Gasteiger partial charge in [0, 0.05) is 17.1 Å². The lowest BCUT2D eigenvalue weighted by Gasteiger charge is -2.37. The van der Waals surface area contributed by atoms with Gasteiger partial charge in [-0.3, -0.25) is 9.59 Å². The van der Waals surface area contributed by atoms with Crippen LogP contribution in [0.15, 0.2) is 23.3 Å². The van der Waals surface area contributed by atoms with Gasteiger partial charge in [-0.15, -0.1) is 0 Å². The summed E-state index contributed by atoms with van der Waals surface area (Å²) in [6.07, 6.45) is 0.749. The van der Waals surface area contributed by atoms with Crippen molar-refractivity contribution in [3.8, 4) is 0 Å². The minimum Gasteiger partial charge on any atom is -0.457 e. The summed E-state index contributed by atoms with van der Waals surface area (Å²) in [6, 6.07) is 0. The van der Waals surface area contributed by atoms with Gasteiger partial charge in [-0.2, -0.15) is 0 Å². The number of aliphatic hydroxyl groups excluding tert-OH is 2. The van der Waals surface area contributed by atoms with Crippen LogP contribution in [0.4, 0.5) is 0 Å². The van der Waals surface area contributed by atoms with E-state index in [2.05, 4.69) is 0 Å². The molecule has 0 unspecified atom stereocenters. The highest BCUT2D eigenvalue weighted by Gasteiger charge is 2.45. The van der Waals surface area contributed by atoms with E-state index in [4.69, 9.17) is 14.6 Å². The third-order valence-electron chi connectivity index (χ3n) is 4.29. The SMILES string of the molecule is C/C(=C\CO)C(=O)O[C@H]1C(=O)C(CO)=C[C@H](OC(=O)C(C)C)[C@@H]1C(C)C. The van der Waals surface area contributed by atoms with Crippen LogP contribution in [0.3, 0.4) is 0 Å². The molecular weight excluding hydrogens is 340 g/mol. The van der Waals surface area contributed by atoms with Gasteiger partial charge in [-0.05, 0) is 25.0 Å². The predicted molar refractivity (Wildman–Crippen MR) is 93.9 cm³/mol. The highest BCUT2D eigenvalue weighted by atomic mass is 16.6. The summed E-state index contributed by atoms with van der Waals surface area (Å²) in [4.78, 5) is 36.9. The van der Waals surface area contributed by atoms with Crippen LogP contribution in [0.2, 0.25) is 0 Å². The Bertz CT molecular complexity index is 601. The number of hydrogen-bond acceptors (Lipinski definition) is 7. The Labute approximate surface area is 153 Å². The van der Waals surface area contributed by atoms with Gasteiger partial charge in [0.15, 0.2) is 6.10 Å². The van der Waals surface area contributed by atoms with E-state index in [-0.39, 0.29) is 29.6 Å². The van der Waals surface area contributed by atoms with Crippen LogP contribution in [-0.4, -0.2) is 53.4 Å². The van der Waals surface area contributed by atoms with Crippen LogP contribution in [-0.2, 0) is 23.9 Å². The molecule has 0 aromatic carbocycles. The molecule has 7 nitrogen and oxygen atoms in total. The molecule has 1 aliphatic rings. The Hall–Kier alpha value is -1.99. The molecule has 0 saturated carbocycles. The minimum atomic E-state index is -1.18. The number of carbonyl (C=O) groups is 3. The number of rotatable bonds is 7. The van der Waals surface area contributed by atoms with Crippen molar-refractivity contribution >= 4 is 17.7 Å². The zero-order valence-electron chi connectivity index (χ0n) is 15.9. The molecule has 3 atom stereocenters. The topological polar surface area (TPSA) is 110 Å². The molecule has 0 fully saturated rings. The van der Waals surface area contributed by atoms with Gasteiger partial charge < -0.3 is 19.7 Å². The van der Waals surface area contributed by atoms with E-state index in [1.165, 1.54) is 19.1 Å². The van der Waals surface area contributed by atoms with E-state index in [9.17, 15) is 19.5 Å². The van der Waals surface area contributed by atoms with E-state index in [1.807, 2.05) is 13.8 Å². The normalized spacial score (nSPS) is 23.9. The Morgan fingerprint density at radius 1 is 1.19 bits per heavy atom. The summed E-state index contributed by atoms with van der Waals surface area (Å²) in [5, 5.41) is 18.4. The lowest BCUT2D eigenvalue weighted by Crippen LogP contribution is -2.49. The number of ether oxygens (including phenoxy) is 2. The van der Waals surface area contributed by atoms with Gasteiger partial charge in [-0.25, -0.2) is 4.79 Å². The molecule has 0 heterocycles. The first-order valence-corrected chi connectivity index (χ1v) is 8.68. The molecule has 0 saturated heterocycles. The van der Waals surface area contributed by atoms with Gasteiger partial charge in [0.25, 0.3) is 0 Å². The van der Waals surface area contributed by atoms with Crippen molar-refractivity contribution in [3.05, 3.63) is 23.3 Å². The molecule has 0 aromatic heterocycles. The van der Waals surface area contributed by atoms with Crippen LogP contribution in [0.5, 0.6) is 0 Å². The number of esters is 2. The zero-order chi connectivity index (χ0) is 20.0. The molecule has 146 valence electrons. The smallest absolute Gasteiger partial charge is 0.334 e. The fourth-order valence-electron chi connectivity index (χ4n) is 2.72. The lowest BCUT2D eigenvalue weighted by atomic mass is 9.77. The summed E-state index contributed by atoms with van der Waals surface area (Å²) >= 11 is 0. The summed E-state index contributed by atoms with van der Waals surface area (Å²) in [6.45, 7) is 7.65. The van der Waals surface area contributed by atoms with Crippen LogP contribution < -0.4 is 0 Å². The van der Waals surface area contributed by atoms with Crippen molar-refractivity contribution in [2.45, 2.75) is 46.8 Å². The lowest BCUT2D eigenvalue weighted by molar-refractivity contribution is -0.167. The first-order chi connectivity index (χ1) is 12.1. The van der Waals surface area contributed by atoms with Crippen LogP contribution >= 0.6 is 0 Å². The first kappa shape index (κ1) is 22.1. The number of carbonyl (C=O) groups excluding carboxylic acids is 3. The summed E-state index contributed by atoms with van der Waals surface area (Å²) < 4.78 is 10.9. The second kappa shape index (κ2) is 9.64. The van der Waals surface area contributed by atoms with Crippen molar-refractivity contribution in [2.24, 2.45) is 17.8 Å². The number of aliphatic hydroxyl groups is 2. The highest BCUT2D eigenvalue weighted by molar-refractivity contribution is 6.02. The van der Waals surface area contributed by atoms with Gasteiger partial charge in [0.1, 0.15) is 6.10 Å². The minimum absolute atomic E-state index is 0.0463. The second-order valence-electron chi connectivity index (χ2n) is 6.99. The standard InChI is InChI=1S/C19H28O7/c1-10(2)15-14(25-18(23)11(3)4)8-13(9-21)16(22)17(15)26-19(24)12(5)6-7-20/h6,8,10-11,14-15,17,20-21H,7,9H2,1-5H3/b12-6+/t14-,15-,17+/m0/s1. The number of hydrogen-bond donors (Lipinski definition) is 2. The van der Waals surface area contributed by atoms with Gasteiger partial charge in [0.05, 0.1) is 19.1 Å². The maximum atomic E-state index is 12.6. The molecule has 0 aromatic rings. The fraction of sp³-hybridized carbons (Fsp3) is 0.632. The van der Waals surface area contributed by atoms with Gasteiger partial charge in [0.2, 0.25) is 5.78 Å². The molecule has 0 radical (unpaired) electrons. The second-order valence-corrected chi connectivity index (χ2v) is 6.99. The molecule has 1 rings (SSSR count). The van der Waals surface area contributed by atoms with Crippen molar-refractivity contribution in [3.63, 3.8) is 0 Å². The van der Waals surface area contributed by atoms with Crippen LogP contribution in [0, 0.1) is 17.8 Å². The molecule has 1 aliphatic carbocycles. The molecule has 0 aliphatic heterocycles. The van der Waals surface area contributed by atoms with E-state index in [0.29, 0.717) is 0 Å². The Balaban J connectivity index is 3.22. The average molecular weight is 368 g/mol. The zero-order valence-corrected chi connectivity index (χ0v) is 15.9. The summed E-state index contributed by atoms with van der Waals surface area (Å²) in [7, 11) is 0. The Morgan fingerprint density at radius 3 is 2.27 bits per heavy atom. The highest BCUT2D eigenvalue weighted by Crippen LogP contribution is 2.33. The van der Waals surface area contributed by atoms with Gasteiger partial charge in [-0.1, -0.05) is 27.7 Å². The molecule has 7 heteroatoms. The number of Topliss-reactive ketones (excluding diaryl/α,β-unsaturated/α-hetero) is 1. The van der Waals surface area contributed by atoms with Crippen molar-refractivity contribution in [1.82, 2.24) is 0 Å². The molecule has 0 amide bonds. The average Bonchev–Trinajstić information content (AvgIpc) is 2.56. The molecule has 2 N–H and O–H groups in total. The third-order valence-corrected chi connectivity index (χ3v) is 4.29. The third kappa shape index (κ3) is 5.25. The molecule has 0 bridgehead atoms. The molecular formula is C19H28O7. The van der Waals surface area contributed by atoms with E-state index in [0.717, 1.165) is 0 Å². The van der Waals surface area contributed by atoms with Crippen LogP contribution in [0.25, 0.3) is 0 Å². The van der Waals surface area contributed by atoms with Crippen molar-refractivity contribution in [2.75, 3.05) is 13.2 Å².